The molecule has 7 heteroatoms. The summed E-state index contributed by atoms with van der Waals surface area (Å²) in [6.07, 6.45) is 3.38. The zero-order chi connectivity index (χ0) is 18.8. The number of halogens is 1. The normalized spacial score (nSPS) is 10.4. The molecule has 0 saturated heterocycles. The lowest BCUT2D eigenvalue weighted by Crippen LogP contribution is -2.31. The van der Waals surface area contributed by atoms with Gasteiger partial charge in [0, 0.05) is 12.1 Å². The molecule has 0 spiro atoms. The van der Waals surface area contributed by atoms with E-state index in [4.69, 9.17) is 33.3 Å². The lowest BCUT2D eigenvalue weighted by Gasteiger charge is -2.12. The molecule has 2 aromatic rings. The minimum Gasteiger partial charge on any atom is -0.496 e. The van der Waals surface area contributed by atoms with E-state index >= 15 is 0 Å². The SMILES string of the molecule is C=CCNC(=S)N/N=C/c1ccc(OC)c(COc2ccccc2Cl)c1. The molecule has 2 rings (SSSR count). The number of benzene rings is 2. The molecule has 2 aromatic carbocycles. The van der Waals surface area contributed by atoms with Crippen molar-refractivity contribution >= 4 is 35.1 Å². The number of thiocarbonyl (C=S) groups is 1. The van der Waals surface area contributed by atoms with Gasteiger partial charge < -0.3 is 14.8 Å². The van der Waals surface area contributed by atoms with Crippen LogP contribution in [0.4, 0.5) is 0 Å². The van der Waals surface area contributed by atoms with Crippen LogP contribution in [0.2, 0.25) is 5.02 Å². The van der Waals surface area contributed by atoms with Crippen LogP contribution < -0.4 is 20.2 Å². The van der Waals surface area contributed by atoms with Gasteiger partial charge in [-0.25, -0.2) is 0 Å². The second kappa shape index (κ2) is 10.4. The van der Waals surface area contributed by atoms with Crippen molar-refractivity contribution in [2.75, 3.05) is 13.7 Å². The van der Waals surface area contributed by atoms with Gasteiger partial charge in [-0.1, -0.05) is 29.8 Å². The highest BCUT2D eigenvalue weighted by atomic mass is 35.5. The van der Waals surface area contributed by atoms with Gasteiger partial charge in [-0.15, -0.1) is 6.58 Å². The van der Waals surface area contributed by atoms with Crippen LogP contribution in [0.3, 0.4) is 0 Å². The number of hydrazone groups is 1. The molecule has 0 radical (unpaired) electrons. The third kappa shape index (κ3) is 6.06. The smallest absolute Gasteiger partial charge is 0.187 e. The second-order valence-corrected chi connectivity index (χ2v) is 5.97. The first-order valence-electron chi connectivity index (χ1n) is 7.86. The molecular weight excluding hydrogens is 370 g/mol. The maximum atomic E-state index is 6.12. The van der Waals surface area contributed by atoms with Crippen LogP contribution >= 0.6 is 23.8 Å². The van der Waals surface area contributed by atoms with E-state index in [1.54, 1.807) is 25.5 Å². The first kappa shape index (κ1) is 19.8. The summed E-state index contributed by atoms with van der Waals surface area (Å²) in [5.41, 5.74) is 4.50. The van der Waals surface area contributed by atoms with Gasteiger partial charge in [0.05, 0.1) is 18.3 Å². The molecule has 0 unspecified atom stereocenters. The number of methoxy groups -OCH3 is 1. The van der Waals surface area contributed by atoms with E-state index in [9.17, 15) is 0 Å². The third-order valence-electron chi connectivity index (χ3n) is 3.31. The van der Waals surface area contributed by atoms with Gasteiger partial charge in [-0.2, -0.15) is 5.10 Å². The topological polar surface area (TPSA) is 54.9 Å². The number of nitrogens with zero attached hydrogens (tertiary/aromatic N) is 1. The van der Waals surface area contributed by atoms with Gasteiger partial charge in [0.25, 0.3) is 0 Å². The minimum atomic E-state index is 0.321. The predicted molar refractivity (Wildman–Crippen MR) is 110 cm³/mol. The van der Waals surface area contributed by atoms with Crippen LogP contribution in [-0.2, 0) is 6.61 Å². The van der Waals surface area contributed by atoms with Gasteiger partial charge in [0.2, 0.25) is 0 Å². The largest absolute Gasteiger partial charge is 0.496 e. The number of para-hydroxylation sites is 1. The predicted octanol–water partition coefficient (Wildman–Crippen LogP) is 3.91. The molecule has 0 aliphatic carbocycles. The Bertz CT molecular complexity index is 796. The Kier molecular flexibility index (Phi) is 7.92. The summed E-state index contributed by atoms with van der Waals surface area (Å²) in [7, 11) is 1.62. The Morgan fingerprint density at radius 2 is 2.08 bits per heavy atom. The fourth-order valence-corrected chi connectivity index (χ4v) is 2.41. The lowest BCUT2D eigenvalue weighted by atomic mass is 10.1. The van der Waals surface area contributed by atoms with E-state index in [0.717, 1.165) is 16.9 Å². The number of nitrogens with one attached hydrogen (secondary N) is 2. The number of ether oxygens (including phenoxy) is 2. The molecule has 0 aliphatic heterocycles. The molecule has 0 saturated carbocycles. The summed E-state index contributed by atoms with van der Waals surface area (Å²) >= 11 is 11.2. The summed E-state index contributed by atoms with van der Waals surface area (Å²) in [6, 6.07) is 13.0. The number of hydrogen-bond acceptors (Lipinski definition) is 4. The van der Waals surface area contributed by atoms with E-state index in [-0.39, 0.29) is 0 Å². The summed E-state index contributed by atoms with van der Waals surface area (Å²) in [6.45, 7) is 4.51. The molecule has 0 aliphatic rings. The zero-order valence-corrected chi connectivity index (χ0v) is 15.9. The highest BCUT2D eigenvalue weighted by molar-refractivity contribution is 7.80. The van der Waals surface area contributed by atoms with Gasteiger partial charge in [0.1, 0.15) is 18.1 Å². The first-order chi connectivity index (χ1) is 12.6. The fourth-order valence-electron chi connectivity index (χ4n) is 2.08. The van der Waals surface area contributed by atoms with E-state index in [1.165, 1.54) is 0 Å². The van der Waals surface area contributed by atoms with Crippen molar-refractivity contribution in [2.24, 2.45) is 5.10 Å². The highest BCUT2D eigenvalue weighted by Gasteiger charge is 2.07. The standard InChI is InChI=1S/C19H20ClN3O2S/c1-3-10-21-19(26)23-22-12-14-8-9-17(24-2)15(11-14)13-25-18-7-5-4-6-16(18)20/h3-9,11-12H,1,10,13H2,2H3,(H2,21,23,26)/b22-12+. The summed E-state index contributed by atoms with van der Waals surface area (Å²) in [5.74, 6) is 1.35. The molecule has 0 aromatic heterocycles. The number of hydrogen-bond donors (Lipinski definition) is 2. The first-order valence-corrected chi connectivity index (χ1v) is 8.64. The Hall–Kier alpha value is -2.57. The van der Waals surface area contributed by atoms with E-state index in [0.29, 0.717) is 29.0 Å². The number of rotatable bonds is 8. The van der Waals surface area contributed by atoms with Crippen molar-refractivity contribution < 1.29 is 9.47 Å². The maximum Gasteiger partial charge on any atom is 0.187 e. The van der Waals surface area contributed by atoms with Crippen molar-refractivity contribution in [1.29, 1.82) is 0 Å². The summed E-state index contributed by atoms with van der Waals surface area (Å²) < 4.78 is 11.2. The summed E-state index contributed by atoms with van der Waals surface area (Å²) in [5, 5.41) is 8.03. The zero-order valence-electron chi connectivity index (χ0n) is 14.4. The Labute approximate surface area is 163 Å². The van der Waals surface area contributed by atoms with Crippen LogP contribution in [0.25, 0.3) is 0 Å². The molecule has 0 fully saturated rings. The van der Waals surface area contributed by atoms with E-state index in [1.807, 2.05) is 36.4 Å². The lowest BCUT2D eigenvalue weighted by molar-refractivity contribution is 0.297. The highest BCUT2D eigenvalue weighted by Crippen LogP contribution is 2.26. The van der Waals surface area contributed by atoms with Gasteiger partial charge in [-0.3, -0.25) is 5.43 Å². The molecule has 0 heterocycles. The van der Waals surface area contributed by atoms with Crippen molar-refractivity contribution in [3.05, 3.63) is 71.3 Å². The van der Waals surface area contributed by atoms with E-state index < -0.39 is 0 Å². The van der Waals surface area contributed by atoms with Gasteiger partial charge in [0.15, 0.2) is 5.11 Å². The monoisotopic (exact) mass is 389 g/mol. The third-order valence-corrected chi connectivity index (χ3v) is 3.86. The Balaban J connectivity index is 2.04. The van der Waals surface area contributed by atoms with Crippen molar-refractivity contribution in [2.45, 2.75) is 6.61 Å². The van der Waals surface area contributed by atoms with Crippen LogP contribution in [0, 0.1) is 0 Å². The quantitative estimate of drug-likeness (QED) is 0.310. The van der Waals surface area contributed by atoms with Crippen molar-refractivity contribution in [3.8, 4) is 11.5 Å². The summed E-state index contributed by atoms with van der Waals surface area (Å²) in [4.78, 5) is 0. The van der Waals surface area contributed by atoms with Gasteiger partial charge in [-0.05, 0) is 48.1 Å². The van der Waals surface area contributed by atoms with Crippen LogP contribution in [-0.4, -0.2) is 25.0 Å². The fraction of sp³-hybridized carbons (Fsp3) is 0.158. The van der Waals surface area contributed by atoms with Crippen molar-refractivity contribution in [3.63, 3.8) is 0 Å². The van der Waals surface area contributed by atoms with Crippen LogP contribution in [0.15, 0.2) is 60.2 Å². The average Bonchev–Trinajstić information content (AvgIpc) is 2.66. The molecule has 0 atom stereocenters. The molecular formula is C19H20ClN3O2S. The Morgan fingerprint density at radius 1 is 1.27 bits per heavy atom. The molecule has 26 heavy (non-hydrogen) atoms. The molecule has 2 N–H and O–H groups in total. The average molecular weight is 390 g/mol. The minimum absolute atomic E-state index is 0.321. The van der Waals surface area contributed by atoms with Crippen LogP contribution in [0.5, 0.6) is 11.5 Å². The van der Waals surface area contributed by atoms with Crippen molar-refractivity contribution in [1.82, 2.24) is 10.7 Å². The molecule has 0 bridgehead atoms. The molecule has 136 valence electrons. The van der Waals surface area contributed by atoms with Gasteiger partial charge >= 0.3 is 0 Å². The molecule has 5 nitrogen and oxygen atoms in total. The van der Waals surface area contributed by atoms with E-state index in [2.05, 4.69) is 22.4 Å². The second-order valence-electron chi connectivity index (χ2n) is 5.16. The maximum absolute atomic E-state index is 6.12. The molecule has 0 amide bonds. The Morgan fingerprint density at radius 3 is 2.81 bits per heavy atom. The van der Waals surface area contributed by atoms with Crippen LogP contribution in [0.1, 0.15) is 11.1 Å².